The Kier molecular flexibility index (Phi) is 10.5. The van der Waals surface area contributed by atoms with Crippen molar-refractivity contribution in [2.45, 2.75) is 79.0 Å². The number of nitrogens with zero attached hydrogens (tertiary/aromatic N) is 3. The van der Waals surface area contributed by atoms with Gasteiger partial charge in [0, 0.05) is 25.7 Å². The summed E-state index contributed by atoms with van der Waals surface area (Å²) in [4.78, 5) is 56.4. The third-order valence-electron chi connectivity index (χ3n) is 6.95. The number of carbonyl (C=O) groups is 2. The largest absolute Gasteiger partial charge is 0.496 e. The zero-order valence-corrected chi connectivity index (χ0v) is 25.8. The highest BCUT2D eigenvalue weighted by molar-refractivity contribution is 7.20. The van der Waals surface area contributed by atoms with Crippen LogP contribution in [-0.4, -0.2) is 63.9 Å². The van der Waals surface area contributed by atoms with Crippen LogP contribution in [0.3, 0.4) is 0 Å². The summed E-state index contributed by atoms with van der Waals surface area (Å²) in [7, 11) is 1.59. The standard InChI is InChI=1S/C27H33N3O6S.C3H8O/c1-6-36-24(32)21-17(2)20-22(31)30(27(3,4)25(33)28-14-9-10-15-28)26(34)29(23(20)37-21)16-13-18-11-7-8-12-19(18)35-5;1-3(2)4/h7-8,11-12H,6,9-10,13-16H2,1-5H3;3-4H,1-2H3. The fraction of sp³-hybridized carbons (Fsp3) is 0.533. The minimum atomic E-state index is -1.41. The summed E-state index contributed by atoms with van der Waals surface area (Å²) in [5.41, 5.74) is -1.21. The van der Waals surface area contributed by atoms with Crippen LogP contribution in [0, 0.1) is 6.92 Å². The average Bonchev–Trinajstić information content (AvgIpc) is 3.56. The van der Waals surface area contributed by atoms with Crippen molar-refractivity contribution in [3.8, 4) is 5.75 Å². The molecule has 1 aliphatic heterocycles. The lowest BCUT2D eigenvalue weighted by molar-refractivity contribution is -0.138. The molecule has 41 heavy (non-hydrogen) atoms. The van der Waals surface area contributed by atoms with Gasteiger partial charge in [-0.3, -0.25) is 14.2 Å². The van der Waals surface area contributed by atoms with Gasteiger partial charge in [-0.05, 0) is 78.0 Å². The van der Waals surface area contributed by atoms with Crippen LogP contribution in [0.1, 0.15) is 68.3 Å². The van der Waals surface area contributed by atoms with Crippen molar-refractivity contribution < 1.29 is 24.2 Å². The van der Waals surface area contributed by atoms with Gasteiger partial charge in [-0.15, -0.1) is 11.3 Å². The van der Waals surface area contributed by atoms with Crippen LogP contribution >= 0.6 is 11.3 Å². The molecule has 3 heterocycles. The molecule has 0 aliphatic carbocycles. The number of carbonyl (C=O) groups excluding carboxylic acids is 2. The summed E-state index contributed by atoms with van der Waals surface area (Å²) in [5, 5.41) is 8.31. The molecule has 0 bridgehead atoms. The number of aliphatic hydroxyl groups is 1. The third-order valence-corrected chi connectivity index (χ3v) is 8.24. The van der Waals surface area contributed by atoms with E-state index in [4.69, 9.17) is 14.6 Å². The summed E-state index contributed by atoms with van der Waals surface area (Å²) in [6, 6.07) is 7.53. The number of rotatable bonds is 8. The maximum atomic E-state index is 14.0. The number of ether oxygens (including phenoxy) is 2. The van der Waals surface area contributed by atoms with Gasteiger partial charge in [-0.25, -0.2) is 14.2 Å². The second-order valence-corrected chi connectivity index (χ2v) is 11.7. The number of methoxy groups -OCH3 is 1. The molecule has 11 heteroatoms. The van der Waals surface area contributed by atoms with Gasteiger partial charge < -0.3 is 19.5 Å². The Morgan fingerprint density at radius 3 is 2.32 bits per heavy atom. The van der Waals surface area contributed by atoms with Gasteiger partial charge in [-0.1, -0.05) is 18.2 Å². The molecule has 1 N–H and O–H groups in total. The molecular formula is C30H41N3O7S. The van der Waals surface area contributed by atoms with E-state index >= 15 is 0 Å². The summed E-state index contributed by atoms with van der Waals surface area (Å²) in [6.45, 7) is 11.7. The summed E-state index contributed by atoms with van der Waals surface area (Å²) >= 11 is 1.07. The van der Waals surface area contributed by atoms with Crippen LogP contribution in [0.5, 0.6) is 5.75 Å². The SMILES string of the molecule is CC(C)O.CCOC(=O)c1sc2c(c1C)c(=O)n(C(C)(C)C(=O)N1CCCC1)c(=O)n2CCc1ccccc1OC. The Morgan fingerprint density at radius 2 is 1.73 bits per heavy atom. The Bertz CT molecular complexity index is 1510. The molecule has 4 rings (SSSR count). The first-order chi connectivity index (χ1) is 19.4. The normalized spacial score (nSPS) is 13.3. The number of aryl methyl sites for hydroxylation is 3. The van der Waals surface area contributed by atoms with Crippen LogP contribution in [-0.2, 0) is 28.0 Å². The number of fused-ring (bicyclic) bond motifs is 1. The first kappa shape index (κ1) is 32.1. The summed E-state index contributed by atoms with van der Waals surface area (Å²) < 4.78 is 13.2. The molecular weight excluding hydrogens is 546 g/mol. The lowest BCUT2D eigenvalue weighted by atomic mass is 10.0. The van der Waals surface area contributed by atoms with E-state index < -0.39 is 22.8 Å². The quantitative estimate of drug-likeness (QED) is 0.399. The van der Waals surface area contributed by atoms with Crippen molar-refractivity contribution in [2.24, 2.45) is 0 Å². The fourth-order valence-electron chi connectivity index (χ4n) is 4.97. The third kappa shape index (κ3) is 6.73. The van der Waals surface area contributed by atoms with Crippen LogP contribution in [0.15, 0.2) is 33.9 Å². The first-order valence-corrected chi connectivity index (χ1v) is 14.7. The van der Waals surface area contributed by atoms with Crippen LogP contribution in [0.2, 0.25) is 0 Å². The van der Waals surface area contributed by atoms with Gasteiger partial charge in [-0.2, -0.15) is 0 Å². The van der Waals surface area contributed by atoms with Crippen LogP contribution in [0.25, 0.3) is 10.2 Å². The smallest absolute Gasteiger partial charge is 0.348 e. The highest BCUT2D eigenvalue weighted by Crippen LogP contribution is 2.30. The molecule has 1 amide bonds. The predicted molar refractivity (Wildman–Crippen MR) is 160 cm³/mol. The van der Waals surface area contributed by atoms with E-state index in [0.29, 0.717) is 35.7 Å². The molecule has 3 aromatic rings. The van der Waals surface area contributed by atoms with Gasteiger partial charge in [0.15, 0.2) is 0 Å². The van der Waals surface area contributed by atoms with E-state index in [2.05, 4.69) is 0 Å². The zero-order chi connectivity index (χ0) is 30.5. The Labute approximate surface area is 244 Å². The van der Waals surface area contributed by atoms with Crippen molar-refractivity contribution in [3.63, 3.8) is 0 Å². The number of esters is 1. The Morgan fingerprint density at radius 1 is 1.12 bits per heavy atom. The number of amides is 1. The number of para-hydroxylation sites is 1. The number of aliphatic hydroxyl groups excluding tert-OH is 1. The van der Waals surface area contributed by atoms with Gasteiger partial charge in [0.2, 0.25) is 5.91 Å². The van der Waals surface area contributed by atoms with E-state index in [1.165, 1.54) is 4.57 Å². The molecule has 0 spiro atoms. The number of hydrogen-bond donors (Lipinski definition) is 1. The highest BCUT2D eigenvalue weighted by atomic mass is 32.1. The minimum absolute atomic E-state index is 0.167. The van der Waals surface area contributed by atoms with Crippen molar-refractivity contribution in [2.75, 3.05) is 26.8 Å². The average molecular weight is 588 g/mol. The summed E-state index contributed by atoms with van der Waals surface area (Å²) in [5.74, 6) is -0.110. The molecule has 1 aliphatic rings. The van der Waals surface area contributed by atoms with Gasteiger partial charge >= 0.3 is 11.7 Å². The number of thiophene rings is 1. The fourth-order valence-corrected chi connectivity index (χ4v) is 6.19. The Balaban J connectivity index is 0.00000108. The Hall–Kier alpha value is -3.44. The predicted octanol–water partition coefficient (Wildman–Crippen LogP) is 3.71. The maximum absolute atomic E-state index is 14.0. The monoisotopic (exact) mass is 587 g/mol. The molecule has 2 aromatic heterocycles. The van der Waals surface area contributed by atoms with Gasteiger partial charge in [0.1, 0.15) is 21.0 Å². The van der Waals surface area contributed by atoms with Gasteiger partial charge in [0.25, 0.3) is 5.56 Å². The number of aromatic nitrogens is 2. The molecule has 0 radical (unpaired) electrons. The molecule has 1 saturated heterocycles. The summed E-state index contributed by atoms with van der Waals surface area (Å²) in [6.07, 6.45) is 2.07. The van der Waals surface area contributed by atoms with Crippen molar-refractivity contribution >= 4 is 33.4 Å². The van der Waals surface area contributed by atoms with Crippen LogP contribution < -0.4 is 16.0 Å². The maximum Gasteiger partial charge on any atom is 0.348 e. The molecule has 10 nitrogen and oxygen atoms in total. The van der Waals surface area contributed by atoms with Crippen molar-refractivity contribution in [1.29, 1.82) is 0 Å². The minimum Gasteiger partial charge on any atom is -0.496 e. The number of benzene rings is 1. The number of hydrogen-bond acceptors (Lipinski definition) is 8. The lowest BCUT2D eigenvalue weighted by Gasteiger charge is -2.31. The molecule has 1 aromatic carbocycles. The highest BCUT2D eigenvalue weighted by Gasteiger charge is 2.39. The van der Waals surface area contributed by atoms with Crippen LogP contribution in [0.4, 0.5) is 0 Å². The first-order valence-electron chi connectivity index (χ1n) is 13.9. The topological polar surface area (TPSA) is 120 Å². The van der Waals surface area contributed by atoms with Gasteiger partial charge in [0.05, 0.1) is 19.1 Å². The molecule has 0 saturated carbocycles. The zero-order valence-electron chi connectivity index (χ0n) is 25.0. The van der Waals surface area contributed by atoms with E-state index in [0.717, 1.165) is 34.3 Å². The molecule has 0 atom stereocenters. The van der Waals surface area contributed by atoms with E-state index in [1.807, 2.05) is 24.3 Å². The lowest BCUT2D eigenvalue weighted by Crippen LogP contribution is -2.56. The molecule has 224 valence electrons. The van der Waals surface area contributed by atoms with E-state index in [1.54, 1.807) is 53.6 Å². The second-order valence-electron chi connectivity index (χ2n) is 10.7. The van der Waals surface area contributed by atoms with Crippen molar-refractivity contribution in [3.05, 3.63) is 61.1 Å². The molecule has 1 fully saturated rings. The number of likely N-dealkylation sites (tertiary alicyclic amines) is 1. The van der Waals surface area contributed by atoms with E-state index in [9.17, 15) is 19.2 Å². The molecule has 0 unspecified atom stereocenters. The second kappa shape index (κ2) is 13.5. The van der Waals surface area contributed by atoms with Crippen molar-refractivity contribution in [1.82, 2.24) is 14.0 Å². The van der Waals surface area contributed by atoms with E-state index in [-0.39, 0.29) is 35.4 Å².